The van der Waals surface area contributed by atoms with Gasteiger partial charge in [0.25, 0.3) is 0 Å². The van der Waals surface area contributed by atoms with Crippen LogP contribution >= 0.6 is 0 Å². The summed E-state index contributed by atoms with van der Waals surface area (Å²) in [7, 11) is 0. The lowest BCUT2D eigenvalue weighted by Crippen LogP contribution is -2.31. The predicted octanol–water partition coefficient (Wildman–Crippen LogP) is 3.75. The summed E-state index contributed by atoms with van der Waals surface area (Å²) in [6.45, 7) is 9.33. The Morgan fingerprint density at radius 1 is 0.900 bits per heavy atom. The van der Waals surface area contributed by atoms with Gasteiger partial charge in [0.15, 0.2) is 0 Å². The average molecular weight is 287 g/mol. The van der Waals surface area contributed by atoms with E-state index < -0.39 is 0 Å². The zero-order valence-electron chi connectivity index (χ0n) is 14.0. The summed E-state index contributed by atoms with van der Waals surface area (Å²) in [4.78, 5) is 0. The molecule has 0 saturated carbocycles. The standard InChI is InChI=1S/C17H37NO2/c1-4-5-6-7-8-9-10-11-12-18-13-17(19)15-20-14-16(2)3/h16-19H,4-15H2,1-3H3. The molecule has 122 valence electrons. The fourth-order valence-electron chi connectivity index (χ4n) is 2.15. The molecule has 0 amide bonds. The van der Waals surface area contributed by atoms with Gasteiger partial charge in [0.1, 0.15) is 0 Å². The fraction of sp³-hybridized carbons (Fsp3) is 1.00. The van der Waals surface area contributed by atoms with E-state index in [1.165, 1.54) is 51.4 Å². The number of ether oxygens (including phenoxy) is 1. The van der Waals surface area contributed by atoms with Crippen molar-refractivity contribution in [2.24, 2.45) is 5.92 Å². The molecule has 0 bridgehead atoms. The number of aliphatic hydroxyl groups is 1. The van der Waals surface area contributed by atoms with Crippen LogP contribution in [0.3, 0.4) is 0 Å². The Labute approximate surface area is 126 Å². The van der Waals surface area contributed by atoms with E-state index >= 15 is 0 Å². The summed E-state index contributed by atoms with van der Waals surface area (Å²) in [6.07, 6.45) is 10.4. The quantitative estimate of drug-likeness (QED) is 0.451. The van der Waals surface area contributed by atoms with Crippen molar-refractivity contribution < 1.29 is 9.84 Å². The van der Waals surface area contributed by atoms with Gasteiger partial charge in [-0.2, -0.15) is 0 Å². The maximum atomic E-state index is 9.70. The molecule has 0 heterocycles. The molecular weight excluding hydrogens is 250 g/mol. The Morgan fingerprint density at radius 2 is 1.50 bits per heavy atom. The van der Waals surface area contributed by atoms with Gasteiger partial charge in [-0.3, -0.25) is 0 Å². The van der Waals surface area contributed by atoms with Crippen molar-refractivity contribution >= 4 is 0 Å². The molecular formula is C17H37NO2. The van der Waals surface area contributed by atoms with Crippen LogP contribution < -0.4 is 5.32 Å². The van der Waals surface area contributed by atoms with Gasteiger partial charge in [0.05, 0.1) is 12.7 Å². The summed E-state index contributed by atoms with van der Waals surface area (Å²) < 4.78 is 5.41. The number of rotatable bonds is 15. The van der Waals surface area contributed by atoms with Crippen molar-refractivity contribution in [1.29, 1.82) is 0 Å². The molecule has 0 aliphatic carbocycles. The van der Waals surface area contributed by atoms with E-state index in [0.717, 1.165) is 13.2 Å². The summed E-state index contributed by atoms with van der Waals surface area (Å²) in [5.41, 5.74) is 0. The van der Waals surface area contributed by atoms with Gasteiger partial charge in [-0.05, 0) is 18.9 Å². The number of hydrogen-bond acceptors (Lipinski definition) is 3. The van der Waals surface area contributed by atoms with Gasteiger partial charge in [0, 0.05) is 13.2 Å². The molecule has 0 aromatic heterocycles. The first-order valence-electron chi connectivity index (χ1n) is 8.63. The van der Waals surface area contributed by atoms with Crippen LogP contribution in [0.25, 0.3) is 0 Å². The van der Waals surface area contributed by atoms with Crippen molar-refractivity contribution in [3.05, 3.63) is 0 Å². The van der Waals surface area contributed by atoms with Crippen LogP contribution in [-0.2, 0) is 4.74 Å². The van der Waals surface area contributed by atoms with Crippen LogP contribution in [0.5, 0.6) is 0 Å². The summed E-state index contributed by atoms with van der Waals surface area (Å²) in [5, 5.41) is 13.0. The Bertz CT molecular complexity index is 186. The highest BCUT2D eigenvalue weighted by atomic mass is 16.5. The molecule has 1 atom stereocenters. The predicted molar refractivity (Wildman–Crippen MR) is 87.1 cm³/mol. The highest BCUT2D eigenvalue weighted by molar-refractivity contribution is 4.59. The Balaban J connectivity index is 3.11. The van der Waals surface area contributed by atoms with E-state index in [-0.39, 0.29) is 6.10 Å². The van der Waals surface area contributed by atoms with Crippen molar-refractivity contribution in [3.63, 3.8) is 0 Å². The van der Waals surface area contributed by atoms with Crippen LogP contribution in [0, 0.1) is 5.92 Å². The summed E-state index contributed by atoms with van der Waals surface area (Å²) >= 11 is 0. The van der Waals surface area contributed by atoms with E-state index in [1.54, 1.807) is 0 Å². The minimum absolute atomic E-state index is 0.372. The van der Waals surface area contributed by atoms with E-state index in [0.29, 0.717) is 19.1 Å². The van der Waals surface area contributed by atoms with Crippen molar-refractivity contribution in [2.45, 2.75) is 78.2 Å². The second-order valence-electron chi connectivity index (χ2n) is 6.26. The van der Waals surface area contributed by atoms with Crippen LogP contribution in [-0.4, -0.2) is 37.5 Å². The maximum absolute atomic E-state index is 9.70. The first-order valence-corrected chi connectivity index (χ1v) is 8.63. The molecule has 0 spiro atoms. The first kappa shape index (κ1) is 19.9. The third-order valence-electron chi connectivity index (χ3n) is 3.35. The lowest BCUT2D eigenvalue weighted by atomic mass is 10.1. The molecule has 0 aromatic carbocycles. The van der Waals surface area contributed by atoms with Crippen LogP contribution in [0.15, 0.2) is 0 Å². The minimum atomic E-state index is -0.372. The zero-order chi connectivity index (χ0) is 15.1. The monoisotopic (exact) mass is 287 g/mol. The second kappa shape index (κ2) is 15.3. The van der Waals surface area contributed by atoms with Gasteiger partial charge >= 0.3 is 0 Å². The normalized spacial score (nSPS) is 13.1. The number of aliphatic hydroxyl groups excluding tert-OH is 1. The minimum Gasteiger partial charge on any atom is -0.389 e. The van der Waals surface area contributed by atoms with E-state index in [9.17, 15) is 5.11 Å². The lowest BCUT2D eigenvalue weighted by Gasteiger charge is -2.13. The van der Waals surface area contributed by atoms with Crippen LogP contribution in [0.1, 0.15) is 72.1 Å². The molecule has 1 unspecified atom stereocenters. The second-order valence-corrected chi connectivity index (χ2v) is 6.26. The topological polar surface area (TPSA) is 41.5 Å². The van der Waals surface area contributed by atoms with Crippen molar-refractivity contribution in [3.8, 4) is 0 Å². The van der Waals surface area contributed by atoms with E-state index in [4.69, 9.17) is 4.74 Å². The van der Waals surface area contributed by atoms with Gasteiger partial charge in [-0.15, -0.1) is 0 Å². The third-order valence-corrected chi connectivity index (χ3v) is 3.35. The molecule has 20 heavy (non-hydrogen) atoms. The lowest BCUT2D eigenvalue weighted by molar-refractivity contribution is 0.0262. The van der Waals surface area contributed by atoms with Crippen LogP contribution in [0.2, 0.25) is 0 Å². The molecule has 2 N–H and O–H groups in total. The molecule has 0 radical (unpaired) electrons. The number of nitrogens with one attached hydrogen (secondary N) is 1. The fourth-order valence-corrected chi connectivity index (χ4v) is 2.15. The SMILES string of the molecule is CCCCCCCCCCNCC(O)COCC(C)C. The number of hydrogen-bond donors (Lipinski definition) is 2. The maximum Gasteiger partial charge on any atom is 0.0897 e. The molecule has 0 aromatic rings. The van der Waals surface area contributed by atoms with Crippen LogP contribution in [0.4, 0.5) is 0 Å². The molecule has 3 heteroatoms. The molecule has 0 aliphatic heterocycles. The van der Waals surface area contributed by atoms with Gasteiger partial charge in [-0.25, -0.2) is 0 Å². The van der Waals surface area contributed by atoms with Crippen molar-refractivity contribution in [1.82, 2.24) is 5.32 Å². The Morgan fingerprint density at radius 3 is 2.10 bits per heavy atom. The summed E-state index contributed by atoms with van der Waals surface area (Å²) in [5.74, 6) is 0.535. The van der Waals surface area contributed by atoms with Gasteiger partial charge in [0.2, 0.25) is 0 Å². The molecule has 0 saturated heterocycles. The van der Waals surface area contributed by atoms with Gasteiger partial charge in [-0.1, -0.05) is 65.7 Å². The molecule has 0 fully saturated rings. The molecule has 0 aliphatic rings. The van der Waals surface area contributed by atoms with Crippen molar-refractivity contribution in [2.75, 3.05) is 26.3 Å². The average Bonchev–Trinajstić information content (AvgIpc) is 2.40. The zero-order valence-corrected chi connectivity index (χ0v) is 14.0. The molecule has 0 rings (SSSR count). The highest BCUT2D eigenvalue weighted by Gasteiger charge is 2.04. The Kier molecular flexibility index (Phi) is 15.2. The first-order chi connectivity index (χ1) is 9.66. The van der Waals surface area contributed by atoms with Gasteiger partial charge < -0.3 is 15.2 Å². The highest BCUT2D eigenvalue weighted by Crippen LogP contribution is 2.07. The number of unbranched alkanes of at least 4 members (excludes halogenated alkanes) is 7. The Hall–Kier alpha value is -0.120. The van der Waals surface area contributed by atoms with E-state index in [2.05, 4.69) is 26.1 Å². The summed E-state index contributed by atoms with van der Waals surface area (Å²) in [6, 6.07) is 0. The van der Waals surface area contributed by atoms with E-state index in [1.807, 2.05) is 0 Å². The smallest absolute Gasteiger partial charge is 0.0897 e. The third kappa shape index (κ3) is 15.9. The molecule has 3 nitrogen and oxygen atoms in total. The largest absolute Gasteiger partial charge is 0.389 e.